The van der Waals surface area contributed by atoms with Crippen LogP contribution in [0.2, 0.25) is 0 Å². The van der Waals surface area contributed by atoms with Crippen molar-refractivity contribution in [2.24, 2.45) is 0 Å². The molecule has 0 spiro atoms. The van der Waals surface area contributed by atoms with Crippen LogP contribution >= 0.6 is 0 Å². The molecule has 0 aliphatic carbocycles. The fourth-order valence-electron chi connectivity index (χ4n) is 2.21. The van der Waals surface area contributed by atoms with Gasteiger partial charge in [0.15, 0.2) is 0 Å². The minimum absolute atomic E-state index is 0.156. The van der Waals surface area contributed by atoms with E-state index in [9.17, 15) is 14.0 Å². The molecule has 23 heavy (non-hydrogen) atoms. The average Bonchev–Trinajstić information content (AvgIpc) is 2.54. The number of anilines is 1. The molecule has 0 unspecified atom stereocenters. The van der Waals surface area contributed by atoms with Crippen LogP contribution in [-0.4, -0.2) is 18.4 Å². The first-order chi connectivity index (χ1) is 11.1. The molecule has 0 atom stereocenters. The predicted molar refractivity (Wildman–Crippen MR) is 87.3 cm³/mol. The van der Waals surface area contributed by atoms with Gasteiger partial charge in [-0.3, -0.25) is 9.59 Å². The van der Waals surface area contributed by atoms with Crippen LogP contribution in [0.3, 0.4) is 0 Å². The third-order valence-electron chi connectivity index (χ3n) is 3.39. The first-order valence-electron chi connectivity index (χ1n) is 7.40. The van der Waals surface area contributed by atoms with Crippen LogP contribution in [-0.2, 0) is 16.1 Å². The molecule has 1 N–H and O–H groups in total. The maximum Gasteiger partial charge on any atom is 0.223 e. The van der Waals surface area contributed by atoms with E-state index in [1.54, 1.807) is 6.07 Å². The van der Waals surface area contributed by atoms with Crippen molar-refractivity contribution in [3.8, 4) is 0 Å². The summed E-state index contributed by atoms with van der Waals surface area (Å²) in [7, 11) is 0. The molecular weight excluding hydrogens is 295 g/mol. The molecule has 5 heteroatoms. The normalized spacial score (nSPS) is 10.2. The van der Waals surface area contributed by atoms with Crippen LogP contribution in [0.4, 0.5) is 10.1 Å². The lowest BCUT2D eigenvalue weighted by molar-refractivity contribution is -0.121. The Kier molecular flexibility index (Phi) is 5.86. The molecule has 4 nitrogen and oxygen atoms in total. The number of hydrogen-bond acceptors (Lipinski definition) is 2. The molecule has 0 saturated heterocycles. The zero-order valence-electron chi connectivity index (χ0n) is 13.0. The summed E-state index contributed by atoms with van der Waals surface area (Å²) in [6, 6.07) is 15.4. The highest BCUT2D eigenvalue weighted by atomic mass is 19.1. The second-order valence-corrected chi connectivity index (χ2v) is 5.16. The number of benzene rings is 2. The number of rotatable bonds is 6. The van der Waals surface area contributed by atoms with Crippen molar-refractivity contribution < 1.29 is 14.0 Å². The molecule has 0 heterocycles. The average molecular weight is 314 g/mol. The van der Waals surface area contributed by atoms with Crippen molar-refractivity contribution >= 4 is 17.5 Å². The molecule has 0 bridgehead atoms. The zero-order valence-corrected chi connectivity index (χ0v) is 13.0. The summed E-state index contributed by atoms with van der Waals surface area (Å²) in [6.45, 7) is 2.05. The van der Waals surface area contributed by atoms with Crippen molar-refractivity contribution in [1.82, 2.24) is 5.32 Å². The van der Waals surface area contributed by atoms with Gasteiger partial charge in [-0.1, -0.05) is 36.4 Å². The molecule has 2 amide bonds. The Balaban J connectivity index is 1.89. The first kappa shape index (κ1) is 16.7. The van der Waals surface area contributed by atoms with E-state index in [0.717, 1.165) is 5.56 Å². The number of nitrogens with one attached hydrogen (secondary N) is 1. The molecule has 2 aromatic carbocycles. The van der Waals surface area contributed by atoms with Crippen molar-refractivity contribution in [2.45, 2.75) is 19.9 Å². The highest BCUT2D eigenvalue weighted by Crippen LogP contribution is 2.16. The summed E-state index contributed by atoms with van der Waals surface area (Å²) in [6.07, 6.45) is 0.156. The monoisotopic (exact) mass is 314 g/mol. The molecule has 120 valence electrons. The van der Waals surface area contributed by atoms with Gasteiger partial charge in [-0.25, -0.2) is 4.39 Å². The van der Waals surface area contributed by atoms with Crippen molar-refractivity contribution in [3.05, 3.63) is 66.0 Å². The smallest absolute Gasteiger partial charge is 0.223 e. The lowest BCUT2D eigenvalue weighted by Gasteiger charge is -2.21. The largest absolute Gasteiger partial charge is 0.352 e. The standard InChI is InChI=1S/C18H19FN2O2/c1-14(22)21(17-9-5-8-16(19)12-17)11-10-18(23)20-13-15-6-3-2-4-7-15/h2-9,12H,10-11,13H2,1H3,(H,20,23). The molecule has 0 aliphatic rings. The highest BCUT2D eigenvalue weighted by molar-refractivity contribution is 5.92. The van der Waals surface area contributed by atoms with Crippen molar-refractivity contribution in [1.29, 1.82) is 0 Å². The van der Waals surface area contributed by atoms with Gasteiger partial charge in [0.25, 0.3) is 0 Å². The van der Waals surface area contributed by atoms with E-state index in [2.05, 4.69) is 5.32 Å². The topological polar surface area (TPSA) is 49.4 Å². The number of halogens is 1. The predicted octanol–water partition coefficient (Wildman–Crippen LogP) is 2.89. The third-order valence-corrected chi connectivity index (χ3v) is 3.39. The van der Waals surface area contributed by atoms with Gasteiger partial charge in [0.05, 0.1) is 0 Å². The molecule has 0 aliphatic heterocycles. The summed E-state index contributed by atoms with van der Waals surface area (Å²) >= 11 is 0. The van der Waals surface area contributed by atoms with Crippen LogP contribution in [0.15, 0.2) is 54.6 Å². The van der Waals surface area contributed by atoms with Crippen LogP contribution in [0.5, 0.6) is 0 Å². The summed E-state index contributed by atoms with van der Waals surface area (Å²) in [5, 5.41) is 2.81. The van der Waals surface area contributed by atoms with Crippen LogP contribution in [0.25, 0.3) is 0 Å². The van der Waals surface area contributed by atoms with Gasteiger partial charge in [-0.05, 0) is 23.8 Å². The Hall–Kier alpha value is -2.69. The molecule has 0 aromatic heterocycles. The molecule has 0 saturated carbocycles. The van der Waals surface area contributed by atoms with E-state index in [1.807, 2.05) is 30.3 Å². The Morgan fingerprint density at radius 1 is 1.09 bits per heavy atom. The summed E-state index contributed by atoms with van der Waals surface area (Å²) < 4.78 is 13.3. The highest BCUT2D eigenvalue weighted by Gasteiger charge is 2.13. The van der Waals surface area contributed by atoms with Crippen LogP contribution in [0.1, 0.15) is 18.9 Å². The lowest BCUT2D eigenvalue weighted by atomic mass is 10.2. The van der Waals surface area contributed by atoms with Crippen molar-refractivity contribution in [3.63, 3.8) is 0 Å². The number of carbonyl (C=O) groups is 2. The molecule has 0 radical (unpaired) electrons. The molecule has 2 aromatic rings. The van der Waals surface area contributed by atoms with Gasteiger partial charge < -0.3 is 10.2 Å². The minimum atomic E-state index is -0.415. The van der Waals surface area contributed by atoms with E-state index in [1.165, 1.54) is 30.0 Å². The number of nitrogens with zero attached hydrogens (tertiary/aromatic N) is 1. The van der Waals surface area contributed by atoms with Gasteiger partial charge in [0.2, 0.25) is 11.8 Å². The maximum absolute atomic E-state index is 13.3. The van der Waals surface area contributed by atoms with E-state index < -0.39 is 5.82 Å². The van der Waals surface area contributed by atoms with E-state index >= 15 is 0 Å². The first-order valence-corrected chi connectivity index (χ1v) is 7.40. The Morgan fingerprint density at radius 2 is 1.83 bits per heavy atom. The van der Waals surface area contributed by atoms with Crippen molar-refractivity contribution in [2.75, 3.05) is 11.4 Å². The Morgan fingerprint density at radius 3 is 2.48 bits per heavy atom. The fraction of sp³-hybridized carbons (Fsp3) is 0.222. The van der Waals surface area contributed by atoms with E-state index in [-0.39, 0.29) is 24.8 Å². The summed E-state index contributed by atoms with van der Waals surface area (Å²) in [5.74, 6) is -0.801. The molecular formula is C18H19FN2O2. The number of carbonyl (C=O) groups excluding carboxylic acids is 2. The zero-order chi connectivity index (χ0) is 16.7. The number of amides is 2. The van der Waals surface area contributed by atoms with Crippen LogP contribution < -0.4 is 10.2 Å². The lowest BCUT2D eigenvalue weighted by Crippen LogP contribution is -2.33. The maximum atomic E-state index is 13.3. The summed E-state index contributed by atoms with van der Waals surface area (Å²) in [4.78, 5) is 25.0. The van der Waals surface area contributed by atoms with Crippen LogP contribution in [0, 0.1) is 5.82 Å². The SMILES string of the molecule is CC(=O)N(CCC(=O)NCc1ccccc1)c1cccc(F)c1. The van der Waals surface area contributed by atoms with E-state index in [4.69, 9.17) is 0 Å². The van der Waals surface area contributed by atoms with E-state index in [0.29, 0.717) is 12.2 Å². The van der Waals surface area contributed by atoms with Gasteiger partial charge in [0.1, 0.15) is 5.82 Å². The number of hydrogen-bond donors (Lipinski definition) is 1. The quantitative estimate of drug-likeness (QED) is 0.891. The Bertz CT molecular complexity index is 674. The van der Waals surface area contributed by atoms with Gasteiger partial charge in [-0.2, -0.15) is 0 Å². The second kappa shape index (κ2) is 8.08. The third kappa shape index (κ3) is 5.21. The van der Waals surface area contributed by atoms with Gasteiger partial charge >= 0.3 is 0 Å². The minimum Gasteiger partial charge on any atom is -0.352 e. The Labute approximate surface area is 134 Å². The summed E-state index contributed by atoms with van der Waals surface area (Å²) in [5.41, 5.74) is 1.46. The molecule has 0 fully saturated rings. The second-order valence-electron chi connectivity index (χ2n) is 5.16. The fourth-order valence-corrected chi connectivity index (χ4v) is 2.21. The molecule has 2 rings (SSSR count). The van der Waals surface area contributed by atoms with Gasteiger partial charge in [-0.15, -0.1) is 0 Å². The van der Waals surface area contributed by atoms with Gasteiger partial charge in [0, 0.05) is 32.1 Å².